The van der Waals surface area contributed by atoms with Gasteiger partial charge in [0, 0.05) is 18.5 Å². The molecule has 2 atom stereocenters. The Labute approximate surface area is 133 Å². The van der Waals surface area contributed by atoms with Gasteiger partial charge >= 0.3 is 0 Å². The molecule has 0 aromatic heterocycles. The van der Waals surface area contributed by atoms with Crippen molar-refractivity contribution in [3.05, 3.63) is 35.9 Å². The van der Waals surface area contributed by atoms with Gasteiger partial charge in [0.2, 0.25) is 5.91 Å². The van der Waals surface area contributed by atoms with Gasteiger partial charge in [-0.3, -0.25) is 4.79 Å². The number of nitrogens with one attached hydrogen (secondary N) is 2. The highest BCUT2D eigenvalue weighted by Gasteiger charge is 2.32. The van der Waals surface area contributed by atoms with E-state index in [9.17, 15) is 4.79 Å². The van der Waals surface area contributed by atoms with Crippen molar-refractivity contribution >= 4 is 18.3 Å². The fraction of sp³-hybridized carbons (Fsp3) is 0.588. The Morgan fingerprint density at radius 2 is 2.00 bits per heavy atom. The van der Waals surface area contributed by atoms with Crippen LogP contribution in [0.1, 0.15) is 37.7 Å². The maximum atomic E-state index is 12.2. The lowest BCUT2D eigenvalue weighted by molar-refractivity contribution is -0.122. The number of hydrogen-bond acceptors (Lipinski definition) is 2. The molecule has 116 valence electrons. The molecule has 1 saturated heterocycles. The summed E-state index contributed by atoms with van der Waals surface area (Å²) in [7, 11) is 0. The first-order chi connectivity index (χ1) is 9.81. The summed E-state index contributed by atoms with van der Waals surface area (Å²) in [5.41, 5.74) is 1.32. The van der Waals surface area contributed by atoms with E-state index in [2.05, 4.69) is 34.9 Å². The van der Waals surface area contributed by atoms with Crippen LogP contribution in [0.2, 0.25) is 0 Å². The molecule has 1 aromatic carbocycles. The Hall–Kier alpha value is -1.06. The first-order valence-electron chi connectivity index (χ1n) is 7.88. The van der Waals surface area contributed by atoms with Crippen molar-refractivity contribution in [2.75, 3.05) is 6.54 Å². The number of amides is 1. The topological polar surface area (TPSA) is 41.1 Å². The molecule has 1 heterocycles. The Kier molecular flexibility index (Phi) is 6.07. The lowest BCUT2D eigenvalue weighted by Crippen LogP contribution is -2.40. The van der Waals surface area contributed by atoms with Crippen molar-refractivity contribution in [1.29, 1.82) is 0 Å². The lowest BCUT2D eigenvalue weighted by Gasteiger charge is -2.20. The molecule has 4 heteroatoms. The first kappa shape index (κ1) is 16.3. The summed E-state index contributed by atoms with van der Waals surface area (Å²) in [5.74, 6) is 0.910. The van der Waals surface area contributed by atoms with Gasteiger partial charge in [-0.1, -0.05) is 30.3 Å². The van der Waals surface area contributed by atoms with E-state index in [0.717, 1.165) is 19.4 Å². The molecule has 1 aliphatic carbocycles. The van der Waals surface area contributed by atoms with Gasteiger partial charge in [-0.2, -0.15) is 0 Å². The molecule has 2 N–H and O–H groups in total. The first-order valence-corrected chi connectivity index (χ1v) is 7.88. The average Bonchev–Trinajstić information content (AvgIpc) is 3.18. The summed E-state index contributed by atoms with van der Waals surface area (Å²) in [6.07, 6.45) is 6.47. The molecule has 1 aromatic rings. The van der Waals surface area contributed by atoms with Crippen molar-refractivity contribution in [3.8, 4) is 0 Å². The van der Waals surface area contributed by atoms with Crippen molar-refractivity contribution < 1.29 is 4.79 Å². The molecule has 1 amide bonds. The molecular formula is C17H25ClN2O. The monoisotopic (exact) mass is 308 g/mol. The predicted molar refractivity (Wildman–Crippen MR) is 87.7 cm³/mol. The van der Waals surface area contributed by atoms with E-state index in [1.165, 1.54) is 24.8 Å². The molecule has 2 aliphatic rings. The maximum absolute atomic E-state index is 12.2. The Morgan fingerprint density at radius 1 is 1.24 bits per heavy atom. The van der Waals surface area contributed by atoms with Crippen LogP contribution in [0.25, 0.3) is 0 Å². The van der Waals surface area contributed by atoms with Crippen LogP contribution in [0.4, 0.5) is 0 Å². The highest BCUT2D eigenvalue weighted by atomic mass is 35.5. The van der Waals surface area contributed by atoms with Crippen LogP contribution in [0, 0.1) is 5.92 Å². The number of carbonyl (C=O) groups is 1. The molecule has 0 radical (unpaired) electrons. The van der Waals surface area contributed by atoms with Gasteiger partial charge in [0.25, 0.3) is 0 Å². The SMILES string of the molecule is Cl.O=C(CC1CCCN1)NC(Cc1ccccc1)C1CC1. The quantitative estimate of drug-likeness (QED) is 0.848. The average molecular weight is 309 g/mol. The van der Waals surface area contributed by atoms with Crippen LogP contribution >= 0.6 is 12.4 Å². The highest BCUT2D eigenvalue weighted by molar-refractivity contribution is 5.85. The van der Waals surface area contributed by atoms with Gasteiger partial charge in [0.1, 0.15) is 0 Å². The number of rotatable bonds is 6. The van der Waals surface area contributed by atoms with E-state index in [-0.39, 0.29) is 18.3 Å². The van der Waals surface area contributed by atoms with Gasteiger partial charge in [0.05, 0.1) is 0 Å². The Bertz CT molecular complexity index is 441. The summed E-state index contributed by atoms with van der Waals surface area (Å²) >= 11 is 0. The van der Waals surface area contributed by atoms with Crippen molar-refractivity contribution in [3.63, 3.8) is 0 Å². The second-order valence-electron chi connectivity index (χ2n) is 6.20. The second-order valence-corrected chi connectivity index (χ2v) is 6.20. The minimum absolute atomic E-state index is 0. The molecule has 0 bridgehead atoms. The third-order valence-corrected chi connectivity index (χ3v) is 4.43. The van der Waals surface area contributed by atoms with E-state index in [4.69, 9.17) is 0 Å². The van der Waals surface area contributed by atoms with E-state index in [1.807, 2.05) is 6.07 Å². The summed E-state index contributed by atoms with van der Waals surface area (Å²) < 4.78 is 0. The van der Waals surface area contributed by atoms with Crippen molar-refractivity contribution in [2.24, 2.45) is 5.92 Å². The van der Waals surface area contributed by atoms with Crippen LogP contribution in [-0.4, -0.2) is 24.5 Å². The van der Waals surface area contributed by atoms with Gasteiger partial charge in [-0.15, -0.1) is 12.4 Å². The standard InChI is InChI=1S/C17H24N2O.ClH/c20-17(12-15-7-4-10-18-15)19-16(14-8-9-14)11-13-5-2-1-3-6-13;/h1-3,5-6,14-16,18H,4,7-12H2,(H,19,20);1H. The Morgan fingerprint density at radius 3 is 2.62 bits per heavy atom. The normalized spacial score (nSPS) is 22.4. The van der Waals surface area contributed by atoms with E-state index in [0.29, 0.717) is 24.4 Å². The molecule has 3 rings (SSSR count). The minimum atomic E-state index is 0. The van der Waals surface area contributed by atoms with Gasteiger partial charge in [-0.05, 0) is 50.1 Å². The van der Waals surface area contributed by atoms with E-state index < -0.39 is 0 Å². The molecule has 3 nitrogen and oxygen atoms in total. The van der Waals surface area contributed by atoms with Gasteiger partial charge < -0.3 is 10.6 Å². The fourth-order valence-corrected chi connectivity index (χ4v) is 3.12. The van der Waals surface area contributed by atoms with Crippen molar-refractivity contribution in [1.82, 2.24) is 10.6 Å². The number of halogens is 1. The zero-order valence-corrected chi connectivity index (χ0v) is 13.2. The third-order valence-electron chi connectivity index (χ3n) is 4.43. The van der Waals surface area contributed by atoms with Gasteiger partial charge in [-0.25, -0.2) is 0 Å². The van der Waals surface area contributed by atoms with Gasteiger partial charge in [0.15, 0.2) is 0 Å². The zero-order chi connectivity index (χ0) is 13.8. The molecule has 1 aliphatic heterocycles. The maximum Gasteiger partial charge on any atom is 0.221 e. The predicted octanol–water partition coefficient (Wildman–Crippen LogP) is 2.69. The van der Waals surface area contributed by atoms with Crippen molar-refractivity contribution in [2.45, 2.75) is 50.6 Å². The summed E-state index contributed by atoms with van der Waals surface area (Å²) in [6.45, 7) is 1.06. The molecule has 21 heavy (non-hydrogen) atoms. The van der Waals surface area contributed by atoms with Crippen LogP contribution in [0.5, 0.6) is 0 Å². The zero-order valence-electron chi connectivity index (χ0n) is 12.4. The number of carbonyl (C=O) groups excluding carboxylic acids is 1. The van der Waals surface area contributed by atoms with E-state index >= 15 is 0 Å². The highest BCUT2D eigenvalue weighted by Crippen LogP contribution is 2.34. The summed E-state index contributed by atoms with van der Waals surface area (Å²) in [5, 5.41) is 6.67. The number of hydrogen-bond donors (Lipinski definition) is 2. The van der Waals surface area contributed by atoms with Crippen LogP contribution < -0.4 is 10.6 Å². The lowest BCUT2D eigenvalue weighted by atomic mass is 10.0. The van der Waals surface area contributed by atoms with Crippen LogP contribution in [0.3, 0.4) is 0 Å². The van der Waals surface area contributed by atoms with Crippen LogP contribution in [-0.2, 0) is 11.2 Å². The Balaban J connectivity index is 0.00000161. The minimum Gasteiger partial charge on any atom is -0.353 e. The summed E-state index contributed by atoms with van der Waals surface area (Å²) in [4.78, 5) is 12.2. The molecule has 1 saturated carbocycles. The molecule has 0 spiro atoms. The number of benzene rings is 1. The largest absolute Gasteiger partial charge is 0.353 e. The molecule has 2 fully saturated rings. The second kappa shape index (κ2) is 7.81. The smallest absolute Gasteiger partial charge is 0.221 e. The van der Waals surface area contributed by atoms with E-state index in [1.54, 1.807) is 0 Å². The molecular weight excluding hydrogens is 284 g/mol. The summed E-state index contributed by atoms with van der Waals surface area (Å²) in [6, 6.07) is 11.2. The molecule has 2 unspecified atom stereocenters. The third kappa shape index (κ3) is 5.01. The van der Waals surface area contributed by atoms with Crippen LogP contribution in [0.15, 0.2) is 30.3 Å². The fourth-order valence-electron chi connectivity index (χ4n) is 3.12.